The topological polar surface area (TPSA) is 90.9 Å². The Morgan fingerprint density at radius 3 is 2.25 bits per heavy atom. The van der Waals surface area contributed by atoms with Crippen LogP contribution in [0.25, 0.3) is 0 Å². The molecular weight excluding hydrogens is 172 g/mol. The first-order chi connectivity index (χ1) is 5.66. The van der Waals surface area contributed by atoms with Crippen LogP contribution in [0, 0.1) is 15.0 Å². The molecule has 12 heavy (non-hydrogen) atoms. The molecule has 0 saturated carbocycles. The van der Waals surface area contributed by atoms with Gasteiger partial charge in [0.15, 0.2) is 13.2 Å². The van der Waals surface area contributed by atoms with Gasteiger partial charge in [-0.15, -0.1) is 10.1 Å². The summed E-state index contributed by atoms with van der Waals surface area (Å²) in [7, 11) is 0. The van der Waals surface area contributed by atoms with Crippen molar-refractivity contribution in [3.05, 3.63) is 15.0 Å². The van der Waals surface area contributed by atoms with Crippen LogP contribution >= 0.6 is 0 Å². The van der Waals surface area contributed by atoms with Gasteiger partial charge in [-0.1, -0.05) is 0 Å². The quantitative estimate of drug-likeness (QED) is 0.308. The van der Waals surface area contributed by atoms with Gasteiger partial charge in [-0.3, -0.25) is 0 Å². The van der Waals surface area contributed by atoms with Gasteiger partial charge in [-0.25, -0.2) is 0 Å². The molecule has 0 rings (SSSR count). The van der Waals surface area contributed by atoms with Crippen LogP contribution in [0.15, 0.2) is 0 Å². The molecule has 0 radical (unpaired) electrons. The fourth-order valence-corrected chi connectivity index (χ4v) is 0.366. The van der Waals surface area contributed by atoms with Crippen molar-refractivity contribution in [2.75, 3.05) is 19.8 Å². The zero-order valence-corrected chi connectivity index (χ0v) is 6.47. The Morgan fingerprint density at radius 1 is 1.17 bits per heavy atom. The molecule has 0 amide bonds. The molecule has 0 aromatic heterocycles. The second-order valence-corrected chi connectivity index (χ2v) is 1.53. The highest BCUT2D eigenvalue weighted by molar-refractivity contribution is 4.14. The van der Waals surface area contributed by atoms with Gasteiger partial charge in [-0.05, 0) is 6.92 Å². The zero-order valence-electron chi connectivity index (χ0n) is 6.47. The molecule has 0 spiro atoms. The van der Waals surface area contributed by atoms with Crippen molar-refractivity contribution in [1.82, 2.24) is 0 Å². The summed E-state index contributed by atoms with van der Waals surface area (Å²) in [6.45, 7) is 1.23. The molecule has 0 saturated heterocycles. The number of hydrogen-bond donors (Lipinski definition) is 0. The lowest BCUT2D eigenvalue weighted by Gasteiger charge is -1.92. The lowest BCUT2D eigenvalue weighted by molar-refractivity contribution is -0.982. The second kappa shape index (κ2) is 6.13. The van der Waals surface area contributed by atoms with E-state index in [1.54, 1.807) is 6.92 Å². The van der Waals surface area contributed by atoms with Crippen molar-refractivity contribution in [3.8, 4) is 0 Å². The van der Waals surface area contributed by atoms with E-state index in [4.69, 9.17) is 0 Å². The van der Waals surface area contributed by atoms with Gasteiger partial charge in [-0.2, -0.15) is 9.68 Å². The molecule has 70 valence electrons. The standard InChI is InChI=1S/C4H9N2O6/c1-2-10-6(9)12-4-3-11-5(7)8/h2-4H2,1H3/q+1. The Morgan fingerprint density at radius 2 is 1.75 bits per heavy atom. The van der Waals surface area contributed by atoms with Crippen LogP contribution in [0.5, 0.6) is 0 Å². The van der Waals surface area contributed by atoms with E-state index in [-0.39, 0.29) is 24.9 Å². The van der Waals surface area contributed by atoms with Crippen LogP contribution in [0.4, 0.5) is 0 Å². The third-order valence-electron chi connectivity index (χ3n) is 0.711. The van der Waals surface area contributed by atoms with Gasteiger partial charge in [0, 0.05) is 0 Å². The molecule has 0 atom stereocenters. The van der Waals surface area contributed by atoms with E-state index >= 15 is 0 Å². The van der Waals surface area contributed by atoms with E-state index in [1.165, 1.54) is 0 Å². The van der Waals surface area contributed by atoms with E-state index in [9.17, 15) is 15.0 Å². The highest BCUT2D eigenvalue weighted by Gasteiger charge is 2.10. The number of hydrogen-bond acceptors (Lipinski definition) is 6. The number of rotatable bonds is 7. The van der Waals surface area contributed by atoms with Gasteiger partial charge in [0.25, 0.3) is 5.09 Å². The van der Waals surface area contributed by atoms with Gasteiger partial charge >= 0.3 is 5.09 Å². The Labute approximate surface area is 67.6 Å². The first-order valence-corrected chi connectivity index (χ1v) is 3.17. The second-order valence-electron chi connectivity index (χ2n) is 1.53. The Kier molecular flexibility index (Phi) is 5.31. The Hall–Kier alpha value is -1.60. The van der Waals surface area contributed by atoms with Crippen molar-refractivity contribution in [1.29, 1.82) is 0 Å². The summed E-state index contributed by atoms with van der Waals surface area (Å²) in [5.41, 5.74) is 0. The molecule has 0 aromatic rings. The zero-order chi connectivity index (χ0) is 9.40. The fourth-order valence-electron chi connectivity index (χ4n) is 0.366. The van der Waals surface area contributed by atoms with Crippen molar-refractivity contribution in [3.63, 3.8) is 0 Å². The predicted octanol–water partition coefficient (Wildman–Crippen LogP) is -0.143. The van der Waals surface area contributed by atoms with E-state index < -0.39 is 5.09 Å². The molecule has 0 aliphatic heterocycles. The summed E-state index contributed by atoms with van der Waals surface area (Å²) in [5, 5.41) is 8.48. The molecule has 0 bridgehead atoms. The largest absolute Gasteiger partial charge is 0.477 e. The fraction of sp³-hybridized carbons (Fsp3) is 1.00. The molecule has 8 heteroatoms. The molecule has 0 heterocycles. The van der Waals surface area contributed by atoms with E-state index in [0.29, 0.717) is 0 Å². The van der Waals surface area contributed by atoms with Gasteiger partial charge in [0.1, 0.15) is 11.5 Å². The maximum atomic E-state index is 10.3. The van der Waals surface area contributed by atoms with Crippen LogP contribution in [-0.4, -0.2) is 30.0 Å². The summed E-state index contributed by atoms with van der Waals surface area (Å²) in [4.78, 5) is 32.3. The molecule has 8 nitrogen and oxygen atoms in total. The first-order valence-electron chi connectivity index (χ1n) is 3.17. The molecular formula is C4H9N2O6+. The first kappa shape index (κ1) is 10.4. The maximum Gasteiger partial charge on any atom is 0.477 e. The van der Waals surface area contributed by atoms with Crippen LogP contribution in [-0.2, 0) is 14.5 Å². The van der Waals surface area contributed by atoms with E-state index in [0.717, 1.165) is 0 Å². The Balaban J connectivity index is 3.19. The summed E-state index contributed by atoms with van der Waals surface area (Å²) in [6, 6.07) is 0. The average Bonchev–Trinajstić information content (AvgIpc) is 1.98. The summed E-state index contributed by atoms with van der Waals surface area (Å²) in [5.74, 6) is 0. The predicted molar refractivity (Wildman–Crippen MR) is 34.2 cm³/mol. The van der Waals surface area contributed by atoms with Gasteiger partial charge < -0.3 is 4.84 Å². The minimum atomic E-state index is -0.973. The minimum Gasteiger partial charge on any atom is -0.310 e. The molecule has 0 unspecified atom stereocenters. The van der Waals surface area contributed by atoms with Crippen molar-refractivity contribution in [2.24, 2.45) is 0 Å². The summed E-state index contributed by atoms with van der Waals surface area (Å²) < 4.78 is 0. The van der Waals surface area contributed by atoms with Gasteiger partial charge in [0.2, 0.25) is 0 Å². The minimum absolute atomic E-state index is 0.122. The molecule has 0 aliphatic rings. The summed E-state index contributed by atoms with van der Waals surface area (Å²) in [6.07, 6.45) is 0. The monoisotopic (exact) mass is 181 g/mol. The maximum absolute atomic E-state index is 10.3. The SMILES string of the molecule is CCO[N+](=O)OCCO[N+](=O)[O-]. The lowest BCUT2D eigenvalue weighted by Crippen LogP contribution is -2.15. The molecule has 0 aliphatic carbocycles. The Bertz CT molecular complexity index is 160. The summed E-state index contributed by atoms with van der Waals surface area (Å²) >= 11 is 0. The van der Waals surface area contributed by atoms with Crippen molar-refractivity contribution >= 4 is 0 Å². The average molecular weight is 181 g/mol. The molecule has 0 aromatic carbocycles. The lowest BCUT2D eigenvalue weighted by atomic mass is 10.8. The smallest absolute Gasteiger partial charge is 0.310 e. The molecule has 0 N–H and O–H groups in total. The van der Waals surface area contributed by atoms with E-state index in [2.05, 4.69) is 14.5 Å². The highest BCUT2D eigenvalue weighted by atomic mass is 17.0. The van der Waals surface area contributed by atoms with Crippen LogP contribution in [0.3, 0.4) is 0 Å². The van der Waals surface area contributed by atoms with Crippen LogP contribution < -0.4 is 0 Å². The van der Waals surface area contributed by atoms with Crippen LogP contribution in [0.2, 0.25) is 0 Å². The van der Waals surface area contributed by atoms with Gasteiger partial charge in [0.05, 0.1) is 0 Å². The van der Waals surface area contributed by atoms with Crippen LogP contribution in [0.1, 0.15) is 6.92 Å². The molecule has 0 fully saturated rings. The van der Waals surface area contributed by atoms with Crippen molar-refractivity contribution in [2.45, 2.75) is 6.92 Å². The van der Waals surface area contributed by atoms with E-state index in [1.807, 2.05) is 0 Å². The normalized spacial score (nSPS) is 8.75. The third kappa shape index (κ3) is 6.52. The highest BCUT2D eigenvalue weighted by Crippen LogP contribution is 1.82. The third-order valence-corrected chi connectivity index (χ3v) is 0.711. The van der Waals surface area contributed by atoms with Crippen molar-refractivity contribution < 1.29 is 24.7 Å². The number of nitrogens with zero attached hydrogens (tertiary/aromatic N) is 2.